The van der Waals surface area contributed by atoms with Crippen molar-refractivity contribution in [2.45, 2.75) is 12.1 Å². The Hall–Kier alpha value is -3.29. The third-order valence-corrected chi connectivity index (χ3v) is 7.73. The van der Waals surface area contributed by atoms with Crippen molar-refractivity contribution in [2.75, 3.05) is 9.80 Å². The molecule has 6 rings (SSSR count). The fourth-order valence-corrected chi connectivity index (χ4v) is 5.92. The Balaban J connectivity index is 1.52. The van der Waals surface area contributed by atoms with Gasteiger partial charge in [-0.15, -0.1) is 0 Å². The molecule has 3 aliphatic heterocycles. The van der Waals surface area contributed by atoms with Gasteiger partial charge in [-0.25, -0.2) is 9.29 Å². The molecule has 0 bridgehead atoms. The first-order valence-corrected chi connectivity index (χ1v) is 12.2. The van der Waals surface area contributed by atoms with Crippen molar-refractivity contribution >= 4 is 62.6 Å². The summed E-state index contributed by atoms with van der Waals surface area (Å²) in [4.78, 5) is 44.1. The number of Topliss-reactive ketones (excluding diaryl/α,β-unsaturated/α-hetero) is 1. The minimum absolute atomic E-state index is 0.0958. The van der Waals surface area contributed by atoms with Crippen LogP contribution in [-0.2, 0) is 9.59 Å². The smallest absolute Gasteiger partial charge is 0.240 e. The van der Waals surface area contributed by atoms with E-state index in [2.05, 4.69) is 15.9 Å². The molecule has 3 heterocycles. The second-order valence-electron chi connectivity index (χ2n) is 8.79. The molecule has 2 fully saturated rings. The topological polar surface area (TPSA) is 57.7 Å². The predicted octanol–water partition coefficient (Wildman–Crippen LogP) is 5.51. The largest absolute Gasteiger partial charge is 0.352 e. The number of halogens is 3. The highest BCUT2D eigenvalue weighted by Gasteiger charge is 2.64. The van der Waals surface area contributed by atoms with E-state index in [0.717, 1.165) is 14.9 Å². The van der Waals surface area contributed by atoms with Gasteiger partial charge in [-0.2, -0.15) is 0 Å². The molecule has 0 spiro atoms. The maximum atomic E-state index is 14.6. The quantitative estimate of drug-likeness (QED) is 0.318. The van der Waals surface area contributed by atoms with E-state index in [4.69, 9.17) is 11.6 Å². The molecule has 0 N–H and O–H groups in total. The molecule has 5 nitrogen and oxygen atoms in total. The van der Waals surface area contributed by atoms with Crippen molar-refractivity contribution in [3.63, 3.8) is 0 Å². The van der Waals surface area contributed by atoms with E-state index >= 15 is 0 Å². The lowest BCUT2D eigenvalue weighted by atomic mass is 9.86. The standard InChI is InChI=1S/C27H17BrClFN2O3/c28-16-9-5-15(6-10-16)25(33)24-23-22(20-12-8-14-7-11-17(29)13-21(14)31(20)24)26(34)32(27(23)35)19-4-2-1-3-18(19)30/h1-13,20,22-24H/t20-,22+,23-,24+/m1/s1. The number of hydrogen-bond acceptors (Lipinski definition) is 4. The summed E-state index contributed by atoms with van der Waals surface area (Å²) < 4.78 is 15.5. The normalized spacial score (nSPS) is 24.4. The number of imide groups is 1. The summed E-state index contributed by atoms with van der Waals surface area (Å²) >= 11 is 9.68. The van der Waals surface area contributed by atoms with E-state index in [1.54, 1.807) is 42.5 Å². The molecule has 174 valence electrons. The average molecular weight is 552 g/mol. The summed E-state index contributed by atoms with van der Waals surface area (Å²) in [6, 6.07) is 16.4. The van der Waals surface area contributed by atoms with Crippen LogP contribution in [0, 0.1) is 17.7 Å². The van der Waals surface area contributed by atoms with E-state index in [0.29, 0.717) is 16.3 Å². The Morgan fingerprint density at radius 1 is 0.914 bits per heavy atom. The van der Waals surface area contributed by atoms with Crippen LogP contribution in [0.5, 0.6) is 0 Å². The third-order valence-electron chi connectivity index (χ3n) is 6.96. The van der Waals surface area contributed by atoms with Crippen LogP contribution in [0.25, 0.3) is 6.08 Å². The van der Waals surface area contributed by atoms with Gasteiger partial charge in [0.2, 0.25) is 11.8 Å². The lowest BCUT2D eigenvalue weighted by Gasteiger charge is -2.36. The van der Waals surface area contributed by atoms with Crippen LogP contribution >= 0.6 is 27.5 Å². The second-order valence-corrected chi connectivity index (χ2v) is 10.1. The minimum Gasteiger partial charge on any atom is -0.352 e. The van der Waals surface area contributed by atoms with Crippen LogP contribution < -0.4 is 9.80 Å². The van der Waals surface area contributed by atoms with E-state index in [-0.39, 0.29) is 11.5 Å². The highest BCUT2D eigenvalue weighted by molar-refractivity contribution is 9.10. The molecule has 2 amide bonds. The van der Waals surface area contributed by atoms with Crippen LogP contribution in [0.4, 0.5) is 15.8 Å². The molecule has 0 aromatic heterocycles. The number of fused-ring (bicyclic) bond motifs is 5. The Bertz CT molecular complexity index is 1440. The lowest BCUT2D eigenvalue weighted by molar-refractivity contribution is -0.122. The molecule has 3 aliphatic rings. The van der Waals surface area contributed by atoms with Gasteiger partial charge in [-0.05, 0) is 42.0 Å². The van der Waals surface area contributed by atoms with Crippen LogP contribution in [0.15, 0.2) is 77.3 Å². The maximum absolute atomic E-state index is 14.6. The van der Waals surface area contributed by atoms with E-state index < -0.39 is 41.6 Å². The molecule has 4 atom stereocenters. The molecular weight excluding hydrogens is 535 g/mol. The SMILES string of the molecule is O=C(c1ccc(Br)cc1)[C@@H]1[C@@H]2C(=O)N(c3ccccc3F)C(=O)[C@H]2[C@H]2C=Cc3ccc(Cl)cc3N21. The van der Waals surface area contributed by atoms with E-state index in [1.165, 1.54) is 18.2 Å². The van der Waals surface area contributed by atoms with Crippen molar-refractivity contribution in [1.29, 1.82) is 0 Å². The van der Waals surface area contributed by atoms with Gasteiger partial charge in [-0.3, -0.25) is 14.4 Å². The van der Waals surface area contributed by atoms with Gasteiger partial charge in [0, 0.05) is 20.7 Å². The Morgan fingerprint density at radius 2 is 1.63 bits per heavy atom. The van der Waals surface area contributed by atoms with Crippen LogP contribution in [0.2, 0.25) is 5.02 Å². The number of amides is 2. The monoisotopic (exact) mass is 550 g/mol. The summed E-state index contributed by atoms with van der Waals surface area (Å²) in [5.74, 6) is -3.85. The number of nitrogens with zero attached hydrogens (tertiary/aromatic N) is 2. The number of carbonyl (C=O) groups is 3. The number of ketones is 1. The summed E-state index contributed by atoms with van der Waals surface area (Å²) in [5.41, 5.74) is 1.85. The Kier molecular flexibility index (Phi) is 5.16. The number of rotatable bonds is 3. The van der Waals surface area contributed by atoms with Crippen molar-refractivity contribution in [2.24, 2.45) is 11.8 Å². The fraction of sp³-hybridized carbons (Fsp3) is 0.148. The maximum Gasteiger partial charge on any atom is 0.240 e. The van der Waals surface area contributed by atoms with Gasteiger partial charge in [0.05, 0.1) is 23.6 Å². The molecule has 3 aromatic carbocycles. The van der Waals surface area contributed by atoms with Crippen molar-refractivity contribution < 1.29 is 18.8 Å². The number of anilines is 2. The Morgan fingerprint density at radius 3 is 2.37 bits per heavy atom. The van der Waals surface area contributed by atoms with Gasteiger partial charge >= 0.3 is 0 Å². The second kappa shape index (κ2) is 8.14. The Labute approximate surface area is 213 Å². The zero-order valence-corrected chi connectivity index (χ0v) is 20.4. The van der Waals surface area contributed by atoms with Crippen LogP contribution in [-0.4, -0.2) is 29.7 Å². The highest BCUT2D eigenvalue weighted by atomic mass is 79.9. The molecule has 35 heavy (non-hydrogen) atoms. The highest BCUT2D eigenvalue weighted by Crippen LogP contribution is 2.50. The fourth-order valence-electron chi connectivity index (χ4n) is 5.49. The molecule has 3 aromatic rings. The average Bonchev–Trinajstić information content (AvgIpc) is 3.32. The van der Waals surface area contributed by atoms with Gasteiger partial charge in [-0.1, -0.05) is 70.0 Å². The van der Waals surface area contributed by atoms with Crippen molar-refractivity contribution in [3.05, 3.63) is 99.2 Å². The predicted molar refractivity (Wildman–Crippen MR) is 135 cm³/mol. The summed E-state index contributed by atoms with van der Waals surface area (Å²) in [6.45, 7) is 0. The van der Waals surface area contributed by atoms with E-state index in [9.17, 15) is 18.8 Å². The zero-order valence-electron chi connectivity index (χ0n) is 18.1. The van der Waals surface area contributed by atoms with Gasteiger partial charge in [0.1, 0.15) is 11.9 Å². The molecule has 0 radical (unpaired) electrons. The number of para-hydroxylation sites is 1. The molecule has 0 aliphatic carbocycles. The first kappa shape index (κ1) is 22.2. The number of benzene rings is 3. The summed E-state index contributed by atoms with van der Waals surface area (Å²) in [6.07, 6.45) is 3.72. The third kappa shape index (κ3) is 3.29. The molecule has 8 heteroatoms. The molecule has 2 saturated heterocycles. The number of hydrogen-bond donors (Lipinski definition) is 0. The lowest BCUT2D eigenvalue weighted by Crippen LogP contribution is -2.49. The van der Waals surface area contributed by atoms with Gasteiger partial charge in [0.25, 0.3) is 0 Å². The van der Waals surface area contributed by atoms with Crippen molar-refractivity contribution in [1.82, 2.24) is 0 Å². The van der Waals surface area contributed by atoms with Crippen LogP contribution in [0.1, 0.15) is 15.9 Å². The summed E-state index contributed by atoms with van der Waals surface area (Å²) in [5, 5.41) is 0.482. The van der Waals surface area contributed by atoms with E-state index in [1.807, 2.05) is 23.1 Å². The summed E-state index contributed by atoms with van der Waals surface area (Å²) in [7, 11) is 0. The van der Waals surface area contributed by atoms with Crippen molar-refractivity contribution in [3.8, 4) is 0 Å². The first-order chi connectivity index (χ1) is 16.9. The first-order valence-electron chi connectivity index (χ1n) is 11.0. The zero-order chi connectivity index (χ0) is 24.4. The van der Waals surface area contributed by atoms with Crippen LogP contribution in [0.3, 0.4) is 0 Å². The minimum atomic E-state index is -0.974. The molecule has 0 saturated carbocycles. The molecule has 0 unspecified atom stereocenters. The van der Waals surface area contributed by atoms with Gasteiger partial charge in [0.15, 0.2) is 5.78 Å². The molecular formula is C27H17BrClFN2O3. The number of carbonyl (C=O) groups excluding carboxylic acids is 3. The van der Waals surface area contributed by atoms with Gasteiger partial charge < -0.3 is 4.90 Å².